The summed E-state index contributed by atoms with van der Waals surface area (Å²) in [6.07, 6.45) is 1.11. The summed E-state index contributed by atoms with van der Waals surface area (Å²) in [5.41, 5.74) is 2.71. The molecule has 0 saturated heterocycles. The maximum absolute atomic E-state index is 2.20. The average Bonchev–Trinajstić information content (AvgIpc) is 2.33. The third kappa shape index (κ3) is 3.94. The van der Waals surface area contributed by atoms with Crippen LogP contribution in [0.2, 0.25) is 0 Å². The van der Waals surface area contributed by atoms with Crippen LogP contribution in [0.5, 0.6) is 0 Å². The van der Waals surface area contributed by atoms with Crippen LogP contribution in [-0.4, -0.2) is 0 Å². The molecule has 0 aliphatic heterocycles. The van der Waals surface area contributed by atoms with Crippen LogP contribution in [0.25, 0.3) is 0 Å². The van der Waals surface area contributed by atoms with Crippen LogP contribution in [0.15, 0.2) is 58.3 Å². The smallest absolute Gasteiger partial charge is 0.0122 e. The Balaban J connectivity index is 0.00000144. The molecule has 0 heterocycles. The summed E-state index contributed by atoms with van der Waals surface area (Å²) in [7, 11) is 0. The maximum Gasteiger partial charge on any atom is 0.0122 e. The largest absolute Gasteiger partial charge is 0.0901 e. The molecule has 0 saturated carbocycles. The Morgan fingerprint density at radius 1 is 0.824 bits per heavy atom. The van der Waals surface area contributed by atoms with E-state index in [0.717, 1.165) is 6.42 Å². The van der Waals surface area contributed by atoms with E-state index in [2.05, 4.69) is 62.4 Å². The Labute approximate surface area is 109 Å². The van der Waals surface area contributed by atoms with E-state index in [1.807, 2.05) is 11.8 Å². The normalized spacial score (nSPS) is 9.76. The highest BCUT2D eigenvalue weighted by Gasteiger charge is 1.97. The number of benzene rings is 2. The van der Waals surface area contributed by atoms with Crippen molar-refractivity contribution < 1.29 is 0 Å². The SMILES string of the molecule is C.CCc1ccc(Sc2ccc(C)cc2)cc1. The maximum atomic E-state index is 2.20. The Hall–Kier alpha value is -1.21. The van der Waals surface area contributed by atoms with Crippen LogP contribution in [0.4, 0.5) is 0 Å². The number of hydrogen-bond acceptors (Lipinski definition) is 1. The molecule has 2 aromatic carbocycles. The summed E-state index contributed by atoms with van der Waals surface area (Å²) in [6.45, 7) is 4.30. The summed E-state index contributed by atoms with van der Waals surface area (Å²) < 4.78 is 0. The molecule has 0 fully saturated rings. The zero-order valence-electron chi connectivity index (χ0n) is 9.73. The molecule has 2 aromatic rings. The number of aryl methyl sites for hydroxylation is 2. The molecular weight excluding hydrogens is 224 g/mol. The van der Waals surface area contributed by atoms with E-state index in [1.165, 1.54) is 20.9 Å². The first kappa shape index (κ1) is 13.9. The van der Waals surface area contributed by atoms with Gasteiger partial charge in [0.25, 0.3) is 0 Å². The van der Waals surface area contributed by atoms with Crippen LogP contribution < -0.4 is 0 Å². The monoisotopic (exact) mass is 244 g/mol. The van der Waals surface area contributed by atoms with Crippen LogP contribution in [-0.2, 0) is 6.42 Å². The third-order valence-corrected chi connectivity index (χ3v) is 3.60. The fourth-order valence-electron chi connectivity index (χ4n) is 1.54. The molecule has 17 heavy (non-hydrogen) atoms. The van der Waals surface area contributed by atoms with Crippen molar-refractivity contribution in [3.8, 4) is 0 Å². The van der Waals surface area contributed by atoms with Gasteiger partial charge in [-0.1, -0.05) is 55.9 Å². The summed E-state index contributed by atoms with van der Waals surface area (Å²) >= 11 is 1.82. The molecule has 0 bridgehead atoms. The molecular formula is C16H20S. The van der Waals surface area contributed by atoms with E-state index in [9.17, 15) is 0 Å². The lowest BCUT2D eigenvalue weighted by Crippen LogP contribution is -1.79. The highest BCUT2D eigenvalue weighted by molar-refractivity contribution is 7.99. The minimum atomic E-state index is 0. The van der Waals surface area contributed by atoms with Gasteiger partial charge in [-0.2, -0.15) is 0 Å². The second-order valence-electron chi connectivity index (χ2n) is 3.91. The van der Waals surface area contributed by atoms with E-state index >= 15 is 0 Å². The molecule has 0 nitrogen and oxygen atoms in total. The van der Waals surface area contributed by atoms with Gasteiger partial charge in [0.1, 0.15) is 0 Å². The van der Waals surface area contributed by atoms with Crippen molar-refractivity contribution in [1.29, 1.82) is 0 Å². The van der Waals surface area contributed by atoms with Crippen molar-refractivity contribution in [2.24, 2.45) is 0 Å². The van der Waals surface area contributed by atoms with Crippen LogP contribution in [0.1, 0.15) is 25.5 Å². The molecule has 0 aromatic heterocycles. The van der Waals surface area contributed by atoms with Crippen LogP contribution in [0.3, 0.4) is 0 Å². The Morgan fingerprint density at radius 3 is 1.76 bits per heavy atom. The lowest BCUT2D eigenvalue weighted by molar-refractivity contribution is 1.13. The molecule has 2 rings (SSSR count). The highest BCUT2D eigenvalue weighted by atomic mass is 32.2. The van der Waals surface area contributed by atoms with Crippen molar-refractivity contribution in [1.82, 2.24) is 0 Å². The molecule has 0 aliphatic rings. The molecule has 0 atom stereocenters. The predicted octanol–water partition coefficient (Wildman–Crippen LogP) is 5.34. The molecule has 90 valence electrons. The fraction of sp³-hybridized carbons (Fsp3) is 0.250. The Kier molecular flexibility index (Phi) is 5.30. The van der Waals surface area contributed by atoms with Crippen molar-refractivity contribution in [3.05, 3.63) is 59.7 Å². The number of rotatable bonds is 3. The van der Waals surface area contributed by atoms with Gasteiger partial charge in [-0.25, -0.2) is 0 Å². The first-order valence-corrected chi connectivity index (χ1v) is 6.43. The van der Waals surface area contributed by atoms with Gasteiger partial charge in [0.05, 0.1) is 0 Å². The predicted molar refractivity (Wildman–Crippen MR) is 77.9 cm³/mol. The van der Waals surface area contributed by atoms with E-state index in [0.29, 0.717) is 0 Å². The van der Waals surface area contributed by atoms with E-state index < -0.39 is 0 Å². The molecule has 0 radical (unpaired) electrons. The average molecular weight is 244 g/mol. The lowest BCUT2D eigenvalue weighted by Gasteiger charge is -2.03. The quantitative estimate of drug-likeness (QED) is 0.702. The second-order valence-corrected chi connectivity index (χ2v) is 5.06. The van der Waals surface area contributed by atoms with E-state index in [4.69, 9.17) is 0 Å². The number of hydrogen-bond donors (Lipinski definition) is 0. The lowest BCUT2D eigenvalue weighted by atomic mass is 10.2. The van der Waals surface area contributed by atoms with Gasteiger partial charge in [0.15, 0.2) is 0 Å². The van der Waals surface area contributed by atoms with E-state index in [1.54, 1.807) is 0 Å². The molecule has 0 N–H and O–H groups in total. The highest BCUT2D eigenvalue weighted by Crippen LogP contribution is 2.27. The molecule has 0 aliphatic carbocycles. The minimum Gasteiger partial charge on any atom is -0.0901 e. The summed E-state index contributed by atoms with van der Waals surface area (Å²) in [5.74, 6) is 0. The summed E-state index contributed by atoms with van der Waals surface area (Å²) in [6, 6.07) is 17.5. The molecule has 0 spiro atoms. The molecule has 1 heteroatoms. The summed E-state index contributed by atoms with van der Waals surface area (Å²) in [4.78, 5) is 2.61. The van der Waals surface area contributed by atoms with Gasteiger partial charge in [-0.3, -0.25) is 0 Å². The van der Waals surface area contributed by atoms with Gasteiger partial charge >= 0.3 is 0 Å². The van der Waals surface area contributed by atoms with Crippen molar-refractivity contribution >= 4 is 11.8 Å². The van der Waals surface area contributed by atoms with E-state index in [-0.39, 0.29) is 7.43 Å². The topological polar surface area (TPSA) is 0 Å². The van der Waals surface area contributed by atoms with Gasteiger partial charge in [0.2, 0.25) is 0 Å². The minimum absolute atomic E-state index is 0. The Morgan fingerprint density at radius 2 is 1.29 bits per heavy atom. The van der Waals surface area contributed by atoms with Crippen LogP contribution >= 0.6 is 11.8 Å². The molecule has 0 unspecified atom stereocenters. The first-order chi connectivity index (χ1) is 7.78. The van der Waals surface area contributed by atoms with Gasteiger partial charge in [-0.15, -0.1) is 0 Å². The van der Waals surface area contributed by atoms with Gasteiger partial charge in [0, 0.05) is 9.79 Å². The zero-order valence-corrected chi connectivity index (χ0v) is 10.6. The van der Waals surface area contributed by atoms with Gasteiger partial charge < -0.3 is 0 Å². The standard InChI is InChI=1S/C15H16S.CH4/c1-3-13-6-10-15(11-7-13)16-14-8-4-12(2)5-9-14;/h4-11H,3H2,1-2H3;1H4. The van der Waals surface area contributed by atoms with Gasteiger partial charge in [-0.05, 0) is 43.2 Å². The third-order valence-electron chi connectivity index (χ3n) is 2.59. The second kappa shape index (κ2) is 6.51. The fourth-order valence-corrected chi connectivity index (χ4v) is 2.35. The van der Waals surface area contributed by atoms with Crippen molar-refractivity contribution in [2.45, 2.75) is 37.5 Å². The first-order valence-electron chi connectivity index (χ1n) is 5.61. The zero-order chi connectivity index (χ0) is 11.4. The van der Waals surface area contributed by atoms with Crippen LogP contribution in [0, 0.1) is 6.92 Å². The molecule has 0 amide bonds. The Bertz CT molecular complexity index is 440. The van der Waals surface area contributed by atoms with Crippen molar-refractivity contribution in [3.63, 3.8) is 0 Å². The van der Waals surface area contributed by atoms with Crippen molar-refractivity contribution in [2.75, 3.05) is 0 Å². The summed E-state index contributed by atoms with van der Waals surface area (Å²) in [5, 5.41) is 0.